The van der Waals surface area contributed by atoms with Crippen molar-refractivity contribution in [3.63, 3.8) is 0 Å². The van der Waals surface area contributed by atoms with Crippen molar-refractivity contribution in [3.8, 4) is 0 Å². The number of rotatable bonds is 4. The van der Waals surface area contributed by atoms with Gasteiger partial charge in [0.25, 0.3) is 5.56 Å². The SMILES string of the molecule is CC(=O)OC[C@@H]1O[C@@H](n2ccc(=O)[nH]c2=O)[C@H](F)[C@@H]1OC(C)=O. The Kier molecular flexibility index (Phi) is 4.94. The van der Waals surface area contributed by atoms with Crippen LogP contribution in [0.15, 0.2) is 21.9 Å². The van der Waals surface area contributed by atoms with Crippen LogP contribution in [0, 0.1) is 0 Å². The minimum absolute atomic E-state index is 0.345. The van der Waals surface area contributed by atoms with E-state index in [1.54, 1.807) is 0 Å². The van der Waals surface area contributed by atoms with E-state index in [-0.39, 0.29) is 6.61 Å². The standard InChI is InChI=1S/C13H15FN2O7/c1-6(17)21-5-8-11(22-7(2)18)10(14)12(23-8)16-4-3-9(19)15-13(16)20/h3-4,8,10-12H,5H2,1-2H3,(H,15,19,20)/t8-,10+,11+,12+/m0/s1. The Balaban J connectivity index is 2.27. The molecule has 4 atom stereocenters. The highest BCUT2D eigenvalue weighted by molar-refractivity contribution is 5.66. The van der Waals surface area contributed by atoms with Gasteiger partial charge in [0.15, 0.2) is 18.5 Å². The Hall–Kier alpha value is -2.49. The summed E-state index contributed by atoms with van der Waals surface area (Å²) in [5.74, 6) is -1.36. The van der Waals surface area contributed by atoms with Gasteiger partial charge >= 0.3 is 17.6 Å². The van der Waals surface area contributed by atoms with Crippen LogP contribution in [0.1, 0.15) is 20.1 Å². The van der Waals surface area contributed by atoms with Crippen LogP contribution in [-0.2, 0) is 23.8 Å². The van der Waals surface area contributed by atoms with Crippen molar-refractivity contribution >= 4 is 11.9 Å². The van der Waals surface area contributed by atoms with Gasteiger partial charge in [0.05, 0.1) is 0 Å². The second kappa shape index (κ2) is 6.73. The molecule has 1 saturated heterocycles. The molecule has 23 heavy (non-hydrogen) atoms. The smallest absolute Gasteiger partial charge is 0.330 e. The zero-order valence-electron chi connectivity index (χ0n) is 12.4. The summed E-state index contributed by atoms with van der Waals surface area (Å²) in [6, 6.07) is 1.03. The molecule has 1 aromatic heterocycles. The maximum Gasteiger partial charge on any atom is 0.330 e. The summed E-state index contributed by atoms with van der Waals surface area (Å²) < 4.78 is 30.4. The van der Waals surface area contributed by atoms with Crippen LogP contribution < -0.4 is 11.2 Å². The van der Waals surface area contributed by atoms with Gasteiger partial charge in [-0.2, -0.15) is 0 Å². The molecule has 1 fully saturated rings. The van der Waals surface area contributed by atoms with Gasteiger partial charge in [-0.05, 0) is 0 Å². The van der Waals surface area contributed by atoms with Crippen molar-refractivity contribution in [2.24, 2.45) is 0 Å². The van der Waals surface area contributed by atoms with Crippen molar-refractivity contribution in [2.45, 2.75) is 38.5 Å². The summed E-state index contributed by atoms with van der Waals surface area (Å²) in [5.41, 5.74) is -1.52. The number of ether oxygens (including phenoxy) is 3. The summed E-state index contributed by atoms with van der Waals surface area (Å²) in [6.45, 7) is 1.91. The molecule has 1 N–H and O–H groups in total. The number of carbonyl (C=O) groups excluding carboxylic acids is 2. The fourth-order valence-electron chi connectivity index (χ4n) is 2.21. The number of aromatic amines is 1. The highest BCUT2D eigenvalue weighted by Gasteiger charge is 2.49. The lowest BCUT2D eigenvalue weighted by atomic mass is 10.1. The molecule has 1 aliphatic heterocycles. The molecule has 0 radical (unpaired) electrons. The number of hydrogen-bond donors (Lipinski definition) is 1. The Bertz CT molecular complexity index is 713. The van der Waals surface area contributed by atoms with E-state index in [0.717, 1.165) is 30.7 Å². The van der Waals surface area contributed by atoms with E-state index >= 15 is 0 Å². The lowest BCUT2D eigenvalue weighted by Gasteiger charge is -2.18. The molecule has 0 saturated carbocycles. The van der Waals surface area contributed by atoms with E-state index in [4.69, 9.17) is 14.2 Å². The normalized spacial score (nSPS) is 26.7. The fraction of sp³-hybridized carbons (Fsp3) is 0.538. The van der Waals surface area contributed by atoms with Gasteiger partial charge in [-0.25, -0.2) is 9.18 Å². The van der Waals surface area contributed by atoms with Crippen molar-refractivity contribution in [1.82, 2.24) is 9.55 Å². The Morgan fingerprint density at radius 1 is 1.35 bits per heavy atom. The number of alkyl halides is 1. The average molecular weight is 330 g/mol. The van der Waals surface area contributed by atoms with Crippen molar-refractivity contribution in [3.05, 3.63) is 33.1 Å². The van der Waals surface area contributed by atoms with E-state index < -0.39 is 47.8 Å². The molecule has 1 aromatic rings. The van der Waals surface area contributed by atoms with Crippen LogP contribution in [0.25, 0.3) is 0 Å². The molecule has 10 heteroatoms. The van der Waals surface area contributed by atoms with Gasteiger partial charge in [-0.3, -0.25) is 23.9 Å². The van der Waals surface area contributed by atoms with Crippen LogP contribution in [0.3, 0.4) is 0 Å². The minimum atomic E-state index is -1.89. The lowest BCUT2D eigenvalue weighted by Crippen LogP contribution is -2.37. The van der Waals surface area contributed by atoms with Gasteiger partial charge < -0.3 is 14.2 Å². The Morgan fingerprint density at radius 2 is 2.04 bits per heavy atom. The molecule has 0 bridgehead atoms. The van der Waals surface area contributed by atoms with Crippen molar-refractivity contribution in [2.75, 3.05) is 6.61 Å². The van der Waals surface area contributed by atoms with Gasteiger partial charge in [-0.15, -0.1) is 0 Å². The van der Waals surface area contributed by atoms with Gasteiger partial charge in [0, 0.05) is 26.1 Å². The minimum Gasteiger partial charge on any atom is -0.463 e. The molecule has 2 heterocycles. The highest BCUT2D eigenvalue weighted by Crippen LogP contribution is 2.33. The number of carbonyl (C=O) groups is 2. The molecule has 1 aliphatic rings. The molecular weight excluding hydrogens is 315 g/mol. The van der Waals surface area contributed by atoms with Gasteiger partial charge in [0.1, 0.15) is 12.7 Å². The highest BCUT2D eigenvalue weighted by atomic mass is 19.1. The maximum atomic E-state index is 14.6. The van der Waals surface area contributed by atoms with Crippen LogP contribution in [0.5, 0.6) is 0 Å². The zero-order valence-corrected chi connectivity index (χ0v) is 12.4. The number of hydrogen-bond acceptors (Lipinski definition) is 7. The summed E-state index contributed by atoms with van der Waals surface area (Å²) >= 11 is 0. The van der Waals surface area contributed by atoms with Crippen molar-refractivity contribution in [1.29, 1.82) is 0 Å². The molecule has 0 aliphatic carbocycles. The molecule has 0 unspecified atom stereocenters. The van der Waals surface area contributed by atoms with E-state index in [1.807, 2.05) is 4.98 Å². The summed E-state index contributed by atoms with van der Waals surface area (Å²) in [4.78, 5) is 46.8. The maximum absolute atomic E-state index is 14.6. The average Bonchev–Trinajstić information content (AvgIpc) is 2.73. The van der Waals surface area contributed by atoms with Crippen LogP contribution in [-0.4, -0.2) is 46.5 Å². The number of halogens is 1. The zero-order chi connectivity index (χ0) is 17.1. The quantitative estimate of drug-likeness (QED) is 0.723. The van der Waals surface area contributed by atoms with Crippen LogP contribution in [0.2, 0.25) is 0 Å². The summed E-state index contributed by atoms with van der Waals surface area (Å²) in [5, 5.41) is 0. The molecule has 9 nitrogen and oxygen atoms in total. The van der Waals surface area contributed by atoms with Crippen LogP contribution in [0.4, 0.5) is 4.39 Å². The largest absolute Gasteiger partial charge is 0.463 e. The Labute approximate surface area is 129 Å². The second-order valence-electron chi connectivity index (χ2n) is 4.90. The topological polar surface area (TPSA) is 117 Å². The van der Waals surface area contributed by atoms with Gasteiger partial charge in [-0.1, -0.05) is 0 Å². The van der Waals surface area contributed by atoms with E-state index in [9.17, 15) is 23.6 Å². The Morgan fingerprint density at radius 3 is 2.61 bits per heavy atom. The number of H-pyrrole nitrogens is 1. The van der Waals surface area contributed by atoms with Crippen LogP contribution >= 0.6 is 0 Å². The van der Waals surface area contributed by atoms with E-state index in [0.29, 0.717) is 0 Å². The third-order valence-electron chi connectivity index (χ3n) is 3.15. The third-order valence-corrected chi connectivity index (χ3v) is 3.15. The predicted octanol–water partition coefficient (Wildman–Crippen LogP) is -0.733. The monoisotopic (exact) mass is 330 g/mol. The molecule has 126 valence electrons. The fourth-order valence-corrected chi connectivity index (χ4v) is 2.21. The molecule has 0 amide bonds. The number of esters is 2. The summed E-state index contributed by atoms with van der Waals surface area (Å²) in [7, 11) is 0. The molecule has 0 aromatic carbocycles. The first kappa shape index (κ1) is 16.9. The van der Waals surface area contributed by atoms with E-state index in [2.05, 4.69) is 0 Å². The number of nitrogens with one attached hydrogen (secondary N) is 1. The molecular formula is C13H15FN2O7. The van der Waals surface area contributed by atoms with E-state index in [1.165, 1.54) is 0 Å². The number of aromatic nitrogens is 2. The van der Waals surface area contributed by atoms with Gasteiger partial charge in [0.2, 0.25) is 0 Å². The first-order chi connectivity index (χ1) is 10.8. The molecule has 2 rings (SSSR count). The first-order valence-corrected chi connectivity index (χ1v) is 6.71. The molecule has 0 spiro atoms. The second-order valence-corrected chi connectivity index (χ2v) is 4.90. The first-order valence-electron chi connectivity index (χ1n) is 6.71. The lowest BCUT2D eigenvalue weighted by molar-refractivity contribution is -0.156. The third kappa shape index (κ3) is 3.83. The number of nitrogens with zero attached hydrogens (tertiary/aromatic N) is 1. The predicted molar refractivity (Wildman–Crippen MR) is 72.3 cm³/mol. The summed E-state index contributed by atoms with van der Waals surface area (Å²) in [6.07, 6.45) is -4.68. The van der Waals surface area contributed by atoms with Crippen molar-refractivity contribution < 1.29 is 28.2 Å².